The Balaban J connectivity index is 2.46. The largest absolute Gasteiger partial charge is 0.351 e. The van der Waals surface area contributed by atoms with Gasteiger partial charge in [-0.2, -0.15) is 0 Å². The average molecular weight is 240 g/mol. The van der Waals surface area contributed by atoms with Gasteiger partial charge in [-0.25, -0.2) is 0 Å². The van der Waals surface area contributed by atoms with Crippen LogP contribution >= 0.6 is 11.3 Å². The molecule has 0 radical (unpaired) electrons. The van der Waals surface area contributed by atoms with Crippen molar-refractivity contribution in [2.24, 2.45) is 5.73 Å². The van der Waals surface area contributed by atoms with Gasteiger partial charge in [0.1, 0.15) is 0 Å². The molecule has 0 bridgehead atoms. The van der Waals surface area contributed by atoms with Gasteiger partial charge in [-0.3, -0.25) is 4.79 Å². The molecule has 0 aromatic carbocycles. The first kappa shape index (κ1) is 13.2. The highest BCUT2D eigenvalue weighted by atomic mass is 32.1. The summed E-state index contributed by atoms with van der Waals surface area (Å²) in [6.45, 7) is 5.57. The molecule has 0 atom stereocenters. The van der Waals surface area contributed by atoms with Gasteiger partial charge in [0.2, 0.25) is 0 Å². The van der Waals surface area contributed by atoms with E-state index < -0.39 is 0 Å². The van der Waals surface area contributed by atoms with Crippen molar-refractivity contribution in [3.8, 4) is 0 Å². The van der Waals surface area contributed by atoms with E-state index in [-0.39, 0.29) is 5.91 Å². The minimum absolute atomic E-state index is 0.0461. The Labute approximate surface area is 101 Å². The number of carbonyl (C=O) groups excluding carboxylic acids is 1. The minimum Gasteiger partial charge on any atom is -0.351 e. The number of nitrogens with one attached hydrogen (secondary N) is 1. The first-order valence-electron chi connectivity index (χ1n) is 5.76. The Morgan fingerprint density at radius 3 is 2.81 bits per heavy atom. The fourth-order valence-electron chi connectivity index (χ4n) is 1.54. The molecule has 3 nitrogen and oxygen atoms in total. The summed E-state index contributed by atoms with van der Waals surface area (Å²) >= 11 is 1.59. The molecule has 0 saturated heterocycles. The summed E-state index contributed by atoms with van der Waals surface area (Å²) in [6, 6.07) is 1.97. The van der Waals surface area contributed by atoms with Crippen LogP contribution in [-0.2, 0) is 6.42 Å². The molecular weight excluding hydrogens is 220 g/mol. The Kier molecular flexibility index (Phi) is 5.49. The summed E-state index contributed by atoms with van der Waals surface area (Å²) in [6.07, 6.45) is 2.91. The Hall–Kier alpha value is -0.870. The average Bonchev–Trinajstić information content (AvgIpc) is 2.66. The summed E-state index contributed by atoms with van der Waals surface area (Å²) in [5, 5.41) is 2.91. The van der Waals surface area contributed by atoms with E-state index in [1.165, 1.54) is 10.4 Å². The first-order valence-corrected chi connectivity index (χ1v) is 6.58. The number of carbonyl (C=O) groups is 1. The molecule has 1 aromatic heterocycles. The summed E-state index contributed by atoms with van der Waals surface area (Å²) < 4.78 is 0. The number of thiophene rings is 1. The number of aryl methyl sites for hydroxylation is 2. The van der Waals surface area contributed by atoms with Crippen LogP contribution in [0.3, 0.4) is 0 Å². The smallest absolute Gasteiger partial charge is 0.261 e. The van der Waals surface area contributed by atoms with Crippen LogP contribution in [0.2, 0.25) is 0 Å². The maximum Gasteiger partial charge on any atom is 0.261 e. The standard InChI is InChI=1S/C12H20N2OS/c1-3-10-9(2)8-11(16-10)12(15)14-7-5-4-6-13/h8H,3-7,13H2,1-2H3,(H,14,15). The van der Waals surface area contributed by atoms with Gasteiger partial charge < -0.3 is 11.1 Å². The monoisotopic (exact) mass is 240 g/mol. The van der Waals surface area contributed by atoms with Crippen LogP contribution in [0, 0.1) is 6.92 Å². The predicted octanol–water partition coefficient (Wildman–Crippen LogP) is 2.09. The minimum atomic E-state index is 0.0461. The number of amides is 1. The van der Waals surface area contributed by atoms with Crippen LogP contribution in [0.5, 0.6) is 0 Å². The fraction of sp³-hybridized carbons (Fsp3) is 0.583. The maximum atomic E-state index is 11.8. The van der Waals surface area contributed by atoms with E-state index in [4.69, 9.17) is 5.73 Å². The zero-order valence-electron chi connectivity index (χ0n) is 10.0. The van der Waals surface area contributed by atoms with Crippen LogP contribution in [-0.4, -0.2) is 19.0 Å². The van der Waals surface area contributed by atoms with E-state index in [9.17, 15) is 4.79 Å². The number of nitrogens with two attached hydrogens (primary N) is 1. The highest BCUT2D eigenvalue weighted by Gasteiger charge is 2.10. The molecule has 4 heteroatoms. The van der Waals surface area contributed by atoms with Gasteiger partial charge in [0, 0.05) is 11.4 Å². The van der Waals surface area contributed by atoms with E-state index in [0.717, 1.165) is 24.1 Å². The fourth-order valence-corrected chi connectivity index (χ4v) is 2.57. The van der Waals surface area contributed by atoms with Crippen LogP contribution < -0.4 is 11.1 Å². The number of hydrogen-bond donors (Lipinski definition) is 2. The van der Waals surface area contributed by atoms with Gasteiger partial charge >= 0.3 is 0 Å². The third-order valence-electron chi connectivity index (χ3n) is 2.48. The highest BCUT2D eigenvalue weighted by molar-refractivity contribution is 7.14. The quantitative estimate of drug-likeness (QED) is 0.748. The third-order valence-corrected chi connectivity index (χ3v) is 3.86. The van der Waals surface area contributed by atoms with E-state index in [0.29, 0.717) is 13.1 Å². The lowest BCUT2D eigenvalue weighted by Crippen LogP contribution is -2.23. The summed E-state index contributed by atoms with van der Waals surface area (Å²) in [7, 11) is 0. The predicted molar refractivity (Wildman–Crippen MR) is 69.1 cm³/mol. The summed E-state index contributed by atoms with van der Waals surface area (Å²) in [5.74, 6) is 0.0461. The second kappa shape index (κ2) is 6.66. The molecule has 0 fully saturated rings. The molecule has 0 saturated carbocycles. The number of hydrogen-bond acceptors (Lipinski definition) is 3. The molecule has 90 valence electrons. The lowest BCUT2D eigenvalue weighted by atomic mass is 10.2. The summed E-state index contributed by atoms with van der Waals surface area (Å²) in [4.78, 5) is 13.9. The second-order valence-corrected chi connectivity index (χ2v) is 4.96. The van der Waals surface area contributed by atoms with E-state index in [1.807, 2.05) is 6.07 Å². The third kappa shape index (κ3) is 3.61. The van der Waals surface area contributed by atoms with Gasteiger partial charge in [-0.05, 0) is 44.4 Å². The molecule has 3 N–H and O–H groups in total. The second-order valence-electron chi connectivity index (χ2n) is 3.82. The molecule has 1 aromatic rings. The van der Waals surface area contributed by atoms with Crippen LogP contribution in [0.1, 0.15) is 39.9 Å². The molecule has 0 aliphatic rings. The van der Waals surface area contributed by atoms with Crippen molar-refractivity contribution in [1.29, 1.82) is 0 Å². The van der Waals surface area contributed by atoms with Crippen molar-refractivity contribution in [3.63, 3.8) is 0 Å². The number of rotatable bonds is 6. The van der Waals surface area contributed by atoms with Crippen molar-refractivity contribution in [3.05, 3.63) is 21.4 Å². The number of unbranched alkanes of at least 4 members (excludes halogenated alkanes) is 1. The van der Waals surface area contributed by atoms with Gasteiger partial charge in [0.25, 0.3) is 5.91 Å². The zero-order valence-corrected chi connectivity index (χ0v) is 10.8. The molecule has 16 heavy (non-hydrogen) atoms. The Morgan fingerprint density at radius 1 is 1.50 bits per heavy atom. The normalized spacial score (nSPS) is 10.4. The molecule has 0 spiro atoms. The molecule has 0 aliphatic heterocycles. The summed E-state index contributed by atoms with van der Waals surface area (Å²) in [5.41, 5.74) is 6.61. The SMILES string of the molecule is CCc1sc(C(=O)NCCCCN)cc1C. The van der Waals surface area contributed by atoms with Crippen molar-refractivity contribution in [1.82, 2.24) is 5.32 Å². The first-order chi connectivity index (χ1) is 7.69. The molecule has 0 aliphatic carbocycles. The Morgan fingerprint density at radius 2 is 2.25 bits per heavy atom. The van der Waals surface area contributed by atoms with Gasteiger partial charge in [-0.1, -0.05) is 6.92 Å². The van der Waals surface area contributed by atoms with Gasteiger partial charge in [0.05, 0.1) is 4.88 Å². The van der Waals surface area contributed by atoms with Crippen LogP contribution in [0.4, 0.5) is 0 Å². The molecule has 1 heterocycles. The van der Waals surface area contributed by atoms with Gasteiger partial charge in [0.15, 0.2) is 0 Å². The van der Waals surface area contributed by atoms with Crippen LogP contribution in [0.15, 0.2) is 6.07 Å². The lowest BCUT2D eigenvalue weighted by molar-refractivity contribution is 0.0957. The molecular formula is C12H20N2OS. The van der Waals surface area contributed by atoms with E-state index >= 15 is 0 Å². The topological polar surface area (TPSA) is 55.1 Å². The molecule has 1 amide bonds. The lowest BCUT2D eigenvalue weighted by Gasteiger charge is -2.01. The highest BCUT2D eigenvalue weighted by Crippen LogP contribution is 2.22. The van der Waals surface area contributed by atoms with Gasteiger partial charge in [-0.15, -0.1) is 11.3 Å². The Bertz CT molecular complexity index is 347. The zero-order chi connectivity index (χ0) is 12.0. The molecule has 0 unspecified atom stereocenters. The van der Waals surface area contributed by atoms with Crippen molar-refractivity contribution in [2.45, 2.75) is 33.1 Å². The van der Waals surface area contributed by atoms with E-state index in [2.05, 4.69) is 19.2 Å². The van der Waals surface area contributed by atoms with E-state index in [1.54, 1.807) is 11.3 Å². The van der Waals surface area contributed by atoms with Crippen molar-refractivity contribution in [2.75, 3.05) is 13.1 Å². The van der Waals surface area contributed by atoms with Crippen molar-refractivity contribution < 1.29 is 4.79 Å². The van der Waals surface area contributed by atoms with Crippen molar-refractivity contribution >= 4 is 17.2 Å². The maximum absolute atomic E-state index is 11.8. The molecule has 1 rings (SSSR count). The van der Waals surface area contributed by atoms with Crippen LogP contribution in [0.25, 0.3) is 0 Å².